The van der Waals surface area contributed by atoms with Crippen LogP contribution in [0.5, 0.6) is 0 Å². The highest BCUT2D eigenvalue weighted by Gasteiger charge is 2.27. The number of imidazole rings is 1. The van der Waals surface area contributed by atoms with E-state index in [1.54, 1.807) is 36.1 Å². The van der Waals surface area contributed by atoms with Crippen LogP contribution in [0.1, 0.15) is 18.7 Å². The molecule has 0 spiro atoms. The van der Waals surface area contributed by atoms with E-state index in [0.29, 0.717) is 5.82 Å². The van der Waals surface area contributed by atoms with Crippen molar-refractivity contribution in [1.82, 2.24) is 24.5 Å². The molecule has 0 atom stereocenters. The highest BCUT2D eigenvalue weighted by molar-refractivity contribution is 7.89. The molecule has 10 heteroatoms. The van der Waals surface area contributed by atoms with E-state index in [1.165, 1.54) is 0 Å². The molecule has 3 aromatic heterocycles. The third-order valence-electron chi connectivity index (χ3n) is 4.85. The average Bonchev–Trinajstić information content (AvgIpc) is 3.37. The van der Waals surface area contributed by atoms with Crippen molar-refractivity contribution in [3.63, 3.8) is 0 Å². The highest BCUT2D eigenvalue weighted by atomic mass is 32.2. The number of nitrogens with zero attached hydrogens (tertiary/aromatic N) is 4. The van der Waals surface area contributed by atoms with Crippen LogP contribution in [0.4, 0.5) is 5.82 Å². The second-order valence-electron chi connectivity index (χ2n) is 6.74. The van der Waals surface area contributed by atoms with Gasteiger partial charge in [-0.25, -0.2) is 18.1 Å². The van der Waals surface area contributed by atoms with Gasteiger partial charge < -0.3 is 9.47 Å². The summed E-state index contributed by atoms with van der Waals surface area (Å²) in [6, 6.07) is 6.03. The van der Waals surface area contributed by atoms with E-state index in [1.807, 2.05) is 17.5 Å². The molecular weight excluding hydrogens is 384 g/mol. The maximum Gasteiger partial charge on any atom is 0.259 e. The van der Waals surface area contributed by atoms with Gasteiger partial charge in [0.15, 0.2) is 10.8 Å². The third kappa shape index (κ3) is 3.78. The van der Waals surface area contributed by atoms with Crippen LogP contribution in [0.15, 0.2) is 34.8 Å². The molecule has 1 aliphatic heterocycles. The van der Waals surface area contributed by atoms with Gasteiger partial charge >= 0.3 is 0 Å². The molecule has 4 heterocycles. The Labute approximate surface area is 162 Å². The monoisotopic (exact) mass is 406 g/mol. The summed E-state index contributed by atoms with van der Waals surface area (Å²) < 4.78 is 29.6. The van der Waals surface area contributed by atoms with E-state index >= 15 is 0 Å². The molecule has 0 bridgehead atoms. The Morgan fingerprint density at radius 2 is 2.11 bits per heavy atom. The first kappa shape index (κ1) is 18.2. The molecule has 2 N–H and O–H groups in total. The first-order chi connectivity index (χ1) is 12.9. The van der Waals surface area contributed by atoms with Crippen molar-refractivity contribution in [1.29, 1.82) is 0 Å². The fourth-order valence-corrected chi connectivity index (χ4v) is 5.23. The van der Waals surface area contributed by atoms with Crippen LogP contribution < -0.4 is 9.62 Å². The molecule has 0 unspecified atom stereocenters. The van der Waals surface area contributed by atoms with Gasteiger partial charge in [-0.15, -0.1) is 11.3 Å². The van der Waals surface area contributed by atoms with Gasteiger partial charge in [0.05, 0.1) is 10.6 Å². The molecule has 27 heavy (non-hydrogen) atoms. The minimum atomic E-state index is -3.59. The molecule has 1 saturated heterocycles. The summed E-state index contributed by atoms with van der Waals surface area (Å²) >= 11 is 1.67. The second-order valence-corrected chi connectivity index (χ2v) is 9.35. The number of piperidine rings is 1. The fourth-order valence-electron chi connectivity index (χ4n) is 3.19. The van der Waals surface area contributed by atoms with E-state index in [9.17, 15) is 8.42 Å². The molecular formula is C17H22N6O2S2. The van der Waals surface area contributed by atoms with Gasteiger partial charge in [-0.05, 0) is 31.2 Å². The van der Waals surface area contributed by atoms with Crippen molar-refractivity contribution in [2.45, 2.75) is 30.8 Å². The summed E-state index contributed by atoms with van der Waals surface area (Å²) in [5.41, 5.74) is 1.01. The molecule has 144 valence electrons. The first-order valence-electron chi connectivity index (χ1n) is 8.79. The van der Waals surface area contributed by atoms with Crippen LogP contribution in [-0.4, -0.2) is 47.3 Å². The zero-order chi connectivity index (χ0) is 19.0. The predicted octanol–water partition coefficient (Wildman–Crippen LogP) is 2.13. The topological polar surface area (TPSA) is 95.9 Å². The summed E-state index contributed by atoms with van der Waals surface area (Å²) in [5, 5.41) is 9.61. The smallest absolute Gasteiger partial charge is 0.259 e. The van der Waals surface area contributed by atoms with E-state index < -0.39 is 10.0 Å². The number of rotatable bonds is 5. The summed E-state index contributed by atoms with van der Waals surface area (Å²) in [5.74, 6) is 1.57. The Hall–Kier alpha value is -2.17. The number of anilines is 1. The molecule has 1 fully saturated rings. The van der Waals surface area contributed by atoms with Crippen LogP contribution in [-0.2, 0) is 17.1 Å². The summed E-state index contributed by atoms with van der Waals surface area (Å²) in [4.78, 5) is 7.46. The van der Waals surface area contributed by atoms with Crippen LogP contribution in [0, 0.1) is 6.92 Å². The number of aromatic nitrogens is 4. The molecule has 0 radical (unpaired) electrons. The van der Waals surface area contributed by atoms with Crippen molar-refractivity contribution in [3.8, 4) is 10.6 Å². The van der Waals surface area contributed by atoms with E-state index in [0.717, 1.165) is 42.3 Å². The zero-order valence-electron chi connectivity index (χ0n) is 15.2. The second kappa shape index (κ2) is 7.10. The fraction of sp³-hybridized carbons (Fsp3) is 0.412. The van der Waals surface area contributed by atoms with Gasteiger partial charge in [0.25, 0.3) is 10.0 Å². The Bertz CT molecular complexity index is 994. The molecule has 4 rings (SSSR count). The van der Waals surface area contributed by atoms with Crippen molar-refractivity contribution < 1.29 is 8.42 Å². The van der Waals surface area contributed by atoms with Crippen molar-refractivity contribution in [2.24, 2.45) is 7.05 Å². The number of nitrogens with one attached hydrogen (secondary N) is 2. The normalized spacial score (nSPS) is 16.1. The van der Waals surface area contributed by atoms with Crippen LogP contribution >= 0.6 is 11.3 Å². The largest absolute Gasteiger partial charge is 0.355 e. The third-order valence-corrected chi connectivity index (χ3v) is 7.15. The lowest BCUT2D eigenvalue weighted by atomic mass is 10.1. The Balaban J connectivity index is 1.38. The van der Waals surface area contributed by atoms with Gasteiger partial charge in [0.2, 0.25) is 0 Å². The number of thiophene rings is 1. The minimum absolute atomic E-state index is 0.0813. The molecule has 0 aromatic carbocycles. The van der Waals surface area contributed by atoms with Gasteiger partial charge in [-0.3, -0.25) is 5.10 Å². The maximum absolute atomic E-state index is 12.5. The van der Waals surface area contributed by atoms with Gasteiger partial charge in [0.1, 0.15) is 5.82 Å². The number of H-pyrrole nitrogens is 1. The molecule has 0 amide bonds. The lowest BCUT2D eigenvalue weighted by Gasteiger charge is -2.32. The molecule has 8 nitrogen and oxygen atoms in total. The summed E-state index contributed by atoms with van der Waals surface area (Å²) in [7, 11) is -1.80. The van der Waals surface area contributed by atoms with Gasteiger partial charge in [-0.2, -0.15) is 5.10 Å². The SMILES string of the molecule is Cc1nc(S(=O)(=O)NC2CCN(c3cc(-c4cccs4)[nH]n3)CC2)cn1C. The van der Waals surface area contributed by atoms with E-state index in [2.05, 4.69) is 30.9 Å². The number of aryl methyl sites for hydroxylation is 2. The molecule has 3 aromatic rings. The van der Waals surface area contributed by atoms with Crippen LogP contribution in [0.2, 0.25) is 0 Å². The molecule has 1 aliphatic rings. The lowest BCUT2D eigenvalue weighted by Crippen LogP contribution is -2.44. The quantitative estimate of drug-likeness (QED) is 0.677. The number of aromatic amines is 1. The number of hydrogen-bond acceptors (Lipinski definition) is 6. The van der Waals surface area contributed by atoms with Crippen LogP contribution in [0.3, 0.4) is 0 Å². The number of sulfonamides is 1. The predicted molar refractivity (Wildman–Crippen MR) is 105 cm³/mol. The average molecular weight is 407 g/mol. The summed E-state index contributed by atoms with van der Waals surface area (Å²) in [6.07, 6.45) is 3.00. The minimum Gasteiger partial charge on any atom is -0.355 e. The standard InChI is InChI=1S/C17H22N6O2S2/c1-12-18-17(11-22(12)2)27(24,25)21-13-5-7-23(8-6-13)16-10-14(19-20-16)15-4-3-9-26-15/h3-4,9-11,13,21H,5-8H2,1-2H3,(H,19,20). The number of hydrogen-bond donors (Lipinski definition) is 2. The highest BCUT2D eigenvalue weighted by Crippen LogP contribution is 2.27. The molecule has 0 aliphatic carbocycles. The van der Waals surface area contributed by atoms with Crippen molar-refractivity contribution in [3.05, 3.63) is 35.6 Å². The summed E-state index contributed by atoms with van der Waals surface area (Å²) in [6.45, 7) is 3.29. The lowest BCUT2D eigenvalue weighted by molar-refractivity contribution is 0.457. The first-order valence-corrected chi connectivity index (χ1v) is 11.2. The van der Waals surface area contributed by atoms with E-state index in [4.69, 9.17) is 0 Å². The van der Waals surface area contributed by atoms with Crippen molar-refractivity contribution >= 4 is 27.2 Å². The van der Waals surface area contributed by atoms with E-state index in [-0.39, 0.29) is 11.1 Å². The maximum atomic E-state index is 12.5. The van der Waals surface area contributed by atoms with Gasteiger partial charge in [0, 0.05) is 38.4 Å². The zero-order valence-corrected chi connectivity index (χ0v) is 16.8. The Kier molecular flexibility index (Phi) is 4.79. The van der Waals surface area contributed by atoms with Crippen molar-refractivity contribution in [2.75, 3.05) is 18.0 Å². The Morgan fingerprint density at radius 1 is 1.33 bits per heavy atom. The van der Waals surface area contributed by atoms with Gasteiger partial charge in [-0.1, -0.05) is 6.07 Å². The van der Waals surface area contributed by atoms with Crippen LogP contribution in [0.25, 0.3) is 10.6 Å². The Morgan fingerprint density at radius 3 is 2.74 bits per heavy atom. The molecule has 0 saturated carbocycles.